The van der Waals surface area contributed by atoms with Crippen LogP contribution in [0.1, 0.15) is 38.3 Å². The van der Waals surface area contributed by atoms with E-state index in [1.807, 2.05) is 6.07 Å². The van der Waals surface area contributed by atoms with Crippen molar-refractivity contribution in [3.05, 3.63) is 40.2 Å². The fraction of sp³-hybridized carbons (Fsp3) is 0.400. The van der Waals surface area contributed by atoms with Crippen molar-refractivity contribution in [2.75, 3.05) is 0 Å². The van der Waals surface area contributed by atoms with Gasteiger partial charge in [0.25, 0.3) is 0 Å². The van der Waals surface area contributed by atoms with Gasteiger partial charge in [-0.1, -0.05) is 49.4 Å². The van der Waals surface area contributed by atoms with Gasteiger partial charge in [0.15, 0.2) is 0 Å². The van der Waals surface area contributed by atoms with Crippen molar-refractivity contribution in [3.8, 4) is 11.5 Å². The van der Waals surface area contributed by atoms with Crippen LogP contribution in [0.2, 0.25) is 10.0 Å². The molecule has 2 aromatic rings. The molecule has 102 valence electrons. The molecule has 2 nitrogen and oxygen atoms in total. The molecule has 0 spiro atoms. The van der Waals surface area contributed by atoms with Gasteiger partial charge >= 0.3 is 0 Å². The standard InChI is InChI=1S/C15H17Cl2NO/c1-2-3-4-5-6-12-10-19-15(18-12)13-8-7-11(16)9-14(13)17/h7-10H,2-6H2,1H3. The van der Waals surface area contributed by atoms with Crippen molar-refractivity contribution in [3.63, 3.8) is 0 Å². The van der Waals surface area contributed by atoms with E-state index in [1.54, 1.807) is 18.4 Å². The maximum Gasteiger partial charge on any atom is 0.227 e. The lowest BCUT2D eigenvalue weighted by Crippen LogP contribution is -1.87. The Kier molecular flexibility index (Phi) is 5.29. The zero-order valence-corrected chi connectivity index (χ0v) is 12.5. The van der Waals surface area contributed by atoms with Crippen LogP contribution < -0.4 is 0 Å². The SMILES string of the molecule is CCCCCCc1coc(-c2ccc(Cl)cc2Cl)n1. The molecular weight excluding hydrogens is 281 g/mol. The second-order valence-electron chi connectivity index (χ2n) is 4.58. The third-order valence-electron chi connectivity index (χ3n) is 3.00. The highest BCUT2D eigenvalue weighted by Gasteiger charge is 2.10. The van der Waals surface area contributed by atoms with Gasteiger partial charge in [0.1, 0.15) is 6.26 Å². The smallest absolute Gasteiger partial charge is 0.227 e. The minimum Gasteiger partial charge on any atom is -0.444 e. The molecular formula is C15H17Cl2NO. The average molecular weight is 298 g/mol. The Labute approximate surface area is 123 Å². The van der Waals surface area contributed by atoms with Crippen LogP contribution in [0, 0.1) is 0 Å². The first kappa shape index (κ1) is 14.4. The highest BCUT2D eigenvalue weighted by atomic mass is 35.5. The van der Waals surface area contributed by atoms with Crippen molar-refractivity contribution in [2.24, 2.45) is 0 Å². The Morgan fingerprint density at radius 3 is 2.74 bits per heavy atom. The van der Waals surface area contributed by atoms with E-state index in [9.17, 15) is 0 Å². The van der Waals surface area contributed by atoms with E-state index in [1.165, 1.54) is 19.3 Å². The van der Waals surface area contributed by atoms with Crippen LogP contribution in [-0.2, 0) is 6.42 Å². The van der Waals surface area contributed by atoms with Crippen LogP contribution in [0.3, 0.4) is 0 Å². The van der Waals surface area contributed by atoms with Crippen molar-refractivity contribution < 1.29 is 4.42 Å². The molecule has 4 heteroatoms. The number of aromatic nitrogens is 1. The second-order valence-corrected chi connectivity index (χ2v) is 5.42. The molecule has 0 amide bonds. The lowest BCUT2D eigenvalue weighted by Gasteiger charge is -1.99. The summed E-state index contributed by atoms with van der Waals surface area (Å²) in [4.78, 5) is 4.47. The van der Waals surface area contributed by atoms with Crippen LogP contribution in [0.4, 0.5) is 0 Å². The van der Waals surface area contributed by atoms with E-state index >= 15 is 0 Å². The molecule has 0 aliphatic heterocycles. The van der Waals surface area contributed by atoms with Gasteiger partial charge in [-0.2, -0.15) is 0 Å². The van der Waals surface area contributed by atoms with Gasteiger partial charge in [-0.15, -0.1) is 0 Å². The Hall–Kier alpha value is -0.990. The summed E-state index contributed by atoms with van der Waals surface area (Å²) in [6, 6.07) is 5.31. The van der Waals surface area contributed by atoms with E-state index in [0.717, 1.165) is 24.1 Å². The zero-order valence-electron chi connectivity index (χ0n) is 11.0. The number of halogens is 2. The first-order valence-electron chi connectivity index (χ1n) is 6.60. The number of unbranched alkanes of at least 4 members (excludes halogenated alkanes) is 3. The first-order chi connectivity index (χ1) is 9.20. The van der Waals surface area contributed by atoms with E-state index in [4.69, 9.17) is 27.6 Å². The molecule has 0 saturated carbocycles. The van der Waals surface area contributed by atoms with E-state index in [0.29, 0.717) is 15.9 Å². The van der Waals surface area contributed by atoms with Crippen LogP contribution >= 0.6 is 23.2 Å². The van der Waals surface area contributed by atoms with Crippen molar-refractivity contribution >= 4 is 23.2 Å². The van der Waals surface area contributed by atoms with Gasteiger partial charge in [-0.25, -0.2) is 4.98 Å². The van der Waals surface area contributed by atoms with Gasteiger partial charge in [0, 0.05) is 5.02 Å². The molecule has 0 fully saturated rings. The van der Waals surface area contributed by atoms with Crippen molar-refractivity contribution in [1.82, 2.24) is 4.98 Å². The summed E-state index contributed by atoms with van der Waals surface area (Å²) < 4.78 is 5.49. The predicted molar refractivity (Wildman–Crippen MR) is 79.8 cm³/mol. The van der Waals surface area contributed by atoms with Gasteiger partial charge in [-0.3, -0.25) is 0 Å². The number of hydrogen-bond acceptors (Lipinski definition) is 2. The van der Waals surface area contributed by atoms with E-state index in [2.05, 4.69) is 11.9 Å². The Morgan fingerprint density at radius 2 is 2.00 bits per heavy atom. The topological polar surface area (TPSA) is 26.0 Å². The molecule has 0 aliphatic carbocycles. The summed E-state index contributed by atoms with van der Waals surface area (Å²) in [5, 5.41) is 1.17. The Balaban J connectivity index is 2.04. The number of nitrogens with zero attached hydrogens (tertiary/aromatic N) is 1. The first-order valence-corrected chi connectivity index (χ1v) is 7.36. The van der Waals surface area contributed by atoms with Gasteiger partial charge < -0.3 is 4.42 Å². The molecule has 0 saturated heterocycles. The number of oxazole rings is 1. The molecule has 0 aliphatic rings. The van der Waals surface area contributed by atoms with Gasteiger partial charge in [0.2, 0.25) is 5.89 Å². The molecule has 1 heterocycles. The number of rotatable bonds is 6. The van der Waals surface area contributed by atoms with E-state index in [-0.39, 0.29) is 0 Å². The minimum absolute atomic E-state index is 0.562. The fourth-order valence-corrected chi connectivity index (χ4v) is 2.43. The third kappa shape index (κ3) is 3.99. The highest BCUT2D eigenvalue weighted by molar-refractivity contribution is 6.36. The molecule has 0 atom stereocenters. The summed E-state index contributed by atoms with van der Waals surface area (Å²) in [5.41, 5.74) is 1.77. The van der Waals surface area contributed by atoms with Crippen LogP contribution in [0.25, 0.3) is 11.5 Å². The molecule has 0 bridgehead atoms. The molecule has 1 aromatic heterocycles. The molecule has 0 radical (unpaired) electrons. The van der Waals surface area contributed by atoms with E-state index < -0.39 is 0 Å². The highest BCUT2D eigenvalue weighted by Crippen LogP contribution is 2.29. The van der Waals surface area contributed by atoms with Crippen molar-refractivity contribution in [1.29, 1.82) is 0 Å². The molecule has 0 unspecified atom stereocenters. The summed E-state index contributed by atoms with van der Waals surface area (Å²) in [5.74, 6) is 0.562. The largest absolute Gasteiger partial charge is 0.444 e. The second kappa shape index (κ2) is 6.97. The fourth-order valence-electron chi connectivity index (χ4n) is 1.94. The van der Waals surface area contributed by atoms with Crippen molar-refractivity contribution in [2.45, 2.75) is 39.0 Å². The average Bonchev–Trinajstić information content (AvgIpc) is 2.83. The Morgan fingerprint density at radius 1 is 1.16 bits per heavy atom. The van der Waals surface area contributed by atoms with Crippen LogP contribution in [0.15, 0.2) is 28.9 Å². The van der Waals surface area contributed by atoms with Crippen LogP contribution in [-0.4, -0.2) is 4.98 Å². The summed E-state index contributed by atoms with van der Waals surface area (Å²) >= 11 is 12.0. The lowest BCUT2D eigenvalue weighted by atomic mass is 10.1. The third-order valence-corrected chi connectivity index (χ3v) is 3.55. The van der Waals surface area contributed by atoms with Crippen LogP contribution in [0.5, 0.6) is 0 Å². The lowest BCUT2D eigenvalue weighted by molar-refractivity contribution is 0.571. The predicted octanol–water partition coefficient (Wildman–Crippen LogP) is 5.77. The molecule has 0 N–H and O–H groups in total. The summed E-state index contributed by atoms with van der Waals surface area (Å²) in [7, 11) is 0. The monoisotopic (exact) mass is 297 g/mol. The minimum atomic E-state index is 0.562. The number of aryl methyl sites for hydroxylation is 1. The molecule has 1 aromatic carbocycles. The molecule has 2 rings (SSSR count). The maximum absolute atomic E-state index is 6.13. The quantitative estimate of drug-likeness (QED) is 0.632. The maximum atomic E-state index is 6.13. The van der Waals surface area contributed by atoms with Gasteiger partial charge in [-0.05, 0) is 31.0 Å². The zero-order chi connectivity index (χ0) is 13.7. The Bertz CT molecular complexity index is 537. The normalized spacial score (nSPS) is 10.9. The van der Waals surface area contributed by atoms with Gasteiger partial charge in [0.05, 0.1) is 16.3 Å². The number of hydrogen-bond donors (Lipinski definition) is 0. The molecule has 19 heavy (non-hydrogen) atoms. The summed E-state index contributed by atoms with van der Waals surface area (Å²) in [6.45, 7) is 2.21. The summed E-state index contributed by atoms with van der Waals surface area (Å²) in [6.07, 6.45) is 7.56. The number of benzene rings is 1.